The molecule has 2 atom stereocenters. The van der Waals surface area contributed by atoms with E-state index in [0.29, 0.717) is 12.6 Å². The van der Waals surface area contributed by atoms with Gasteiger partial charge in [0.15, 0.2) is 0 Å². The van der Waals surface area contributed by atoms with Crippen molar-refractivity contribution in [2.24, 2.45) is 5.92 Å². The van der Waals surface area contributed by atoms with Gasteiger partial charge in [-0.25, -0.2) is 14.5 Å². The van der Waals surface area contributed by atoms with Gasteiger partial charge in [-0.1, -0.05) is 18.6 Å². The number of carbonyl (C=O) groups excluding carboxylic acids is 1. The monoisotopic (exact) mass is 325 g/mol. The number of carbonyl (C=O) groups is 1. The maximum Gasteiger partial charge on any atom is 0.317 e. The summed E-state index contributed by atoms with van der Waals surface area (Å²) in [7, 11) is 0. The van der Waals surface area contributed by atoms with Gasteiger partial charge in [0.1, 0.15) is 12.7 Å². The summed E-state index contributed by atoms with van der Waals surface area (Å²) in [5, 5.41) is 7.24. The Balaban J connectivity index is 1.40. The van der Waals surface area contributed by atoms with Crippen molar-refractivity contribution in [2.45, 2.75) is 44.7 Å². The van der Waals surface area contributed by atoms with Crippen LogP contribution in [0, 0.1) is 5.92 Å². The molecule has 1 N–H and O–H groups in total. The molecule has 6 heteroatoms. The number of nitrogens with one attached hydrogen (secondary N) is 1. The number of hydrogen-bond donors (Lipinski definition) is 1. The van der Waals surface area contributed by atoms with Crippen molar-refractivity contribution in [3.05, 3.63) is 42.5 Å². The van der Waals surface area contributed by atoms with Gasteiger partial charge < -0.3 is 10.2 Å². The Labute approximate surface area is 141 Å². The quantitative estimate of drug-likeness (QED) is 0.944. The van der Waals surface area contributed by atoms with Crippen molar-refractivity contribution in [1.82, 2.24) is 25.0 Å². The van der Waals surface area contributed by atoms with Gasteiger partial charge in [-0.15, -0.1) is 0 Å². The fraction of sp³-hybridized carbons (Fsp3) is 0.500. The third kappa shape index (κ3) is 3.00. The third-order valence-corrected chi connectivity index (χ3v) is 5.29. The second kappa shape index (κ2) is 6.63. The van der Waals surface area contributed by atoms with Crippen LogP contribution in [0.2, 0.25) is 0 Å². The van der Waals surface area contributed by atoms with Crippen LogP contribution in [0.15, 0.2) is 36.9 Å². The van der Waals surface area contributed by atoms with E-state index in [1.165, 1.54) is 32.0 Å². The molecule has 2 fully saturated rings. The van der Waals surface area contributed by atoms with Gasteiger partial charge in [0.2, 0.25) is 0 Å². The number of urea groups is 1. The summed E-state index contributed by atoms with van der Waals surface area (Å²) in [4.78, 5) is 18.7. The molecule has 2 amide bonds. The van der Waals surface area contributed by atoms with E-state index in [0.717, 1.165) is 30.1 Å². The Kier molecular flexibility index (Phi) is 4.19. The first-order valence-electron chi connectivity index (χ1n) is 8.80. The van der Waals surface area contributed by atoms with E-state index in [4.69, 9.17) is 0 Å². The van der Waals surface area contributed by atoms with Gasteiger partial charge >= 0.3 is 6.03 Å². The number of likely N-dealkylation sites (tertiary alicyclic amines) is 1. The molecule has 2 aliphatic rings. The summed E-state index contributed by atoms with van der Waals surface area (Å²) in [6.45, 7) is 1.43. The van der Waals surface area contributed by atoms with Crippen molar-refractivity contribution in [1.29, 1.82) is 0 Å². The molecule has 1 aliphatic heterocycles. The number of amides is 2. The minimum atomic E-state index is 0.0813. The first-order valence-corrected chi connectivity index (χ1v) is 8.80. The molecule has 0 bridgehead atoms. The first-order chi connectivity index (χ1) is 11.8. The SMILES string of the molecule is O=C(NCc1cccc(-n2cncn2)c1)N1CCC[C@@H]2CCC[C@@H]21. The van der Waals surface area contributed by atoms with E-state index in [2.05, 4.69) is 20.3 Å². The molecule has 24 heavy (non-hydrogen) atoms. The molecule has 126 valence electrons. The zero-order valence-corrected chi connectivity index (χ0v) is 13.8. The molecule has 2 aromatic rings. The molecular weight excluding hydrogens is 302 g/mol. The molecule has 1 saturated carbocycles. The van der Waals surface area contributed by atoms with Crippen LogP contribution in [0.5, 0.6) is 0 Å². The minimum Gasteiger partial charge on any atom is -0.334 e. The molecule has 2 heterocycles. The lowest BCUT2D eigenvalue weighted by Crippen LogP contribution is -2.50. The molecule has 6 nitrogen and oxygen atoms in total. The first kappa shape index (κ1) is 15.2. The van der Waals surface area contributed by atoms with E-state index in [9.17, 15) is 4.79 Å². The molecule has 1 aliphatic carbocycles. The van der Waals surface area contributed by atoms with Crippen LogP contribution >= 0.6 is 0 Å². The van der Waals surface area contributed by atoms with E-state index in [1.807, 2.05) is 24.3 Å². The number of fused-ring (bicyclic) bond motifs is 1. The zero-order valence-electron chi connectivity index (χ0n) is 13.8. The Morgan fingerprint density at radius 1 is 1.25 bits per heavy atom. The standard InChI is InChI=1S/C18H23N5O/c24-18(22-9-3-6-15-5-2-8-17(15)22)20-11-14-4-1-7-16(10-14)23-13-19-12-21-23/h1,4,7,10,12-13,15,17H,2-3,5-6,8-9,11H2,(H,20,24)/t15-,17-/m0/s1. The minimum absolute atomic E-state index is 0.0813. The molecule has 1 aromatic heterocycles. The van der Waals surface area contributed by atoms with E-state index in [-0.39, 0.29) is 6.03 Å². The Morgan fingerprint density at radius 3 is 3.04 bits per heavy atom. The average Bonchev–Trinajstić information content (AvgIpc) is 3.30. The Bertz CT molecular complexity index is 699. The van der Waals surface area contributed by atoms with Crippen LogP contribution in [-0.4, -0.2) is 38.3 Å². The second-order valence-electron chi connectivity index (χ2n) is 6.76. The number of hydrogen-bond acceptors (Lipinski definition) is 3. The highest BCUT2D eigenvalue weighted by Crippen LogP contribution is 2.36. The molecule has 0 unspecified atom stereocenters. The van der Waals surface area contributed by atoms with Crippen molar-refractivity contribution < 1.29 is 4.79 Å². The van der Waals surface area contributed by atoms with Gasteiger partial charge in [0.25, 0.3) is 0 Å². The molecule has 0 radical (unpaired) electrons. The number of benzene rings is 1. The van der Waals surface area contributed by atoms with Crippen LogP contribution in [0.3, 0.4) is 0 Å². The van der Waals surface area contributed by atoms with Gasteiger partial charge in [0, 0.05) is 19.1 Å². The van der Waals surface area contributed by atoms with Crippen molar-refractivity contribution >= 4 is 6.03 Å². The molecule has 1 saturated heterocycles. The lowest BCUT2D eigenvalue weighted by atomic mass is 9.92. The van der Waals surface area contributed by atoms with Crippen LogP contribution < -0.4 is 5.32 Å². The van der Waals surface area contributed by atoms with E-state index >= 15 is 0 Å². The topological polar surface area (TPSA) is 63.1 Å². The Hall–Kier alpha value is -2.37. The maximum absolute atomic E-state index is 12.6. The molecule has 4 rings (SSSR count). The lowest BCUT2D eigenvalue weighted by Gasteiger charge is -2.37. The number of rotatable bonds is 3. The molecule has 1 aromatic carbocycles. The maximum atomic E-state index is 12.6. The fourth-order valence-electron chi connectivity index (χ4n) is 4.14. The summed E-state index contributed by atoms with van der Waals surface area (Å²) in [5.41, 5.74) is 2.02. The van der Waals surface area contributed by atoms with Crippen molar-refractivity contribution in [3.63, 3.8) is 0 Å². The lowest BCUT2D eigenvalue weighted by molar-refractivity contribution is 0.128. The predicted octanol–water partition coefficient (Wildman–Crippen LogP) is 2.74. The summed E-state index contributed by atoms with van der Waals surface area (Å²) in [5.74, 6) is 0.722. The number of nitrogens with zero attached hydrogens (tertiary/aromatic N) is 4. The third-order valence-electron chi connectivity index (χ3n) is 5.29. The second-order valence-corrected chi connectivity index (χ2v) is 6.76. The van der Waals surface area contributed by atoms with E-state index in [1.54, 1.807) is 11.0 Å². The van der Waals surface area contributed by atoms with Crippen LogP contribution in [0.4, 0.5) is 4.79 Å². The van der Waals surface area contributed by atoms with Crippen LogP contribution in [0.25, 0.3) is 5.69 Å². The highest BCUT2D eigenvalue weighted by molar-refractivity contribution is 5.74. The van der Waals surface area contributed by atoms with E-state index < -0.39 is 0 Å². The molecule has 0 spiro atoms. The highest BCUT2D eigenvalue weighted by atomic mass is 16.2. The number of piperidine rings is 1. The van der Waals surface area contributed by atoms with Crippen molar-refractivity contribution in [2.75, 3.05) is 6.54 Å². The number of aromatic nitrogens is 3. The predicted molar refractivity (Wildman–Crippen MR) is 90.7 cm³/mol. The average molecular weight is 325 g/mol. The van der Waals surface area contributed by atoms with Gasteiger partial charge in [-0.05, 0) is 49.3 Å². The van der Waals surface area contributed by atoms with Crippen LogP contribution in [0.1, 0.15) is 37.7 Å². The largest absolute Gasteiger partial charge is 0.334 e. The summed E-state index contributed by atoms with van der Waals surface area (Å²) in [6.07, 6.45) is 9.33. The Morgan fingerprint density at radius 2 is 2.17 bits per heavy atom. The highest BCUT2D eigenvalue weighted by Gasteiger charge is 2.37. The van der Waals surface area contributed by atoms with Gasteiger partial charge in [-0.3, -0.25) is 0 Å². The molecular formula is C18H23N5O. The summed E-state index contributed by atoms with van der Waals surface area (Å²) >= 11 is 0. The van der Waals surface area contributed by atoms with Crippen LogP contribution in [-0.2, 0) is 6.54 Å². The zero-order chi connectivity index (χ0) is 16.4. The van der Waals surface area contributed by atoms with Gasteiger partial charge in [-0.2, -0.15) is 5.10 Å². The fourth-order valence-corrected chi connectivity index (χ4v) is 4.14. The summed E-state index contributed by atoms with van der Waals surface area (Å²) in [6, 6.07) is 8.55. The smallest absolute Gasteiger partial charge is 0.317 e. The van der Waals surface area contributed by atoms with Crippen molar-refractivity contribution in [3.8, 4) is 5.69 Å². The normalized spacial score (nSPS) is 23.1. The van der Waals surface area contributed by atoms with Gasteiger partial charge in [0.05, 0.1) is 5.69 Å². The summed E-state index contributed by atoms with van der Waals surface area (Å²) < 4.78 is 1.72.